The van der Waals surface area contributed by atoms with Crippen molar-refractivity contribution in [2.75, 3.05) is 26.0 Å². The highest BCUT2D eigenvalue weighted by molar-refractivity contribution is 7.89. The van der Waals surface area contributed by atoms with Crippen molar-refractivity contribution in [3.05, 3.63) is 60.2 Å². The van der Waals surface area contributed by atoms with E-state index in [2.05, 4.69) is 31.3 Å². The molecule has 0 saturated heterocycles. The Morgan fingerprint density at radius 3 is 2.15 bits per heavy atom. The monoisotopic (exact) mass is 390 g/mol. The van der Waals surface area contributed by atoms with Gasteiger partial charge in [-0.1, -0.05) is 44.2 Å². The molecule has 0 bridgehead atoms. The number of carbonyl (C=O) groups is 1. The maximum atomic E-state index is 12.3. The summed E-state index contributed by atoms with van der Waals surface area (Å²) in [5, 5.41) is 4.84. The number of sulfonamides is 1. The maximum absolute atomic E-state index is 12.3. The van der Waals surface area contributed by atoms with E-state index in [0.717, 1.165) is 4.31 Å². The number of benzene rings is 2. The summed E-state index contributed by atoms with van der Waals surface area (Å²) in [4.78, 5) is 12.5. The van der Waals surface area contributed by atoms with Crippen LogP contribution in [0.25, 0.3) is 0 Å². The zero-order chi connectivity index (χ0) is 20.0. The second-order valence-electron chi connectivity index (χ2n) is 6.98. The summed E-state index contributed by atoms with van der Waals surface area (Å²) in [6.45, 7) is 4.56. The van der Waals surface area contributed by atoms with Crippen LogP contribution in [0.15, 0.2) is 59.5 Å². The Hall–Kier alpha value is -2.22. The van der Waals surface area contributed by atoms with E-state index < -0.39 is 10.0 Å². The van der Waals surface area contributed by atoms with Crippen LogP contribution in [0.1, 0.15) is 25.5 Å². The quantitative estimate of drug-likeness (QED) is 0.721. The molecule has 0 aliphatic heterocycles. The number of nitrogens with zero attached hydrogens (tertiary/aromatic N) is 1. The normalized spacial score (nSPS) is 13.0. The molecule has 1 atom stereocenters. The Morgan fingerprint density at radius 2 is 1.63 bits per heavy atom. The number of quaternary nitrogens is 1. The SMILES string of the molecule is CC(C)[C@@H]([NH2+]CC(=O)Nc1ccc(S(=O)(=O)N(C)C)cc1)c1ccccc1. The fourth-order valence-electron chi connectivity index (χ4n) is 2.84. The van der Waals surface area contributed by atoms with Crippen molar-refractivity contribution in [3.63, 3.8) is 0 Å². The number of nitrogens with two attached hydrogens (primary N) is 1. The van der Waals surface area contributed by atoms with Crippen LogP contribution in [-0.2, 0) is 14.8 Å². The topological polar surface area (TPSA) is 83.1 Å². The van der Waals surface area contributed by atoms with Crippen LogP contribution in [0.4, 0.5) is 5.69 Å². The molecule has 0 aliphatic rings. The zero-order valence-corrected chi connectivity index (χ0v) is 17.0. The third-order valence-electron chi connectivity index (χ3n) is 4.38. The van der Waals surface area contributed by atoms with Crippen molar-refractivity contribution >= 4 is 21.6 Å². The molecule has 0 heterocycles. The van der Waals surface area contributed by atoms with Crippen molar-refractivity contribution in [1.29, 1.82) is 0 Å². The first kappa shape index (κ1) is 21.1. The third-order valence-corrected chi connectivity index (χ3v) is 6.21. The molecule has 6 nitrogen and oxygen atoms in total. The van der Waals surface area contributed by atoms with Crippen LogP contribution in [0.5, 0.6) is 0 Å². The van der Waals surface area contributed by atoms with Gasteiger partial charge in [0.05, 0.1) is 4.90 Å². The molecule has 0 radical (unpaired) electrons. The summed E-state index contributed by atoms with van der Waals surface area (Å²) in [6.07, 6.45) is 0. The predicted octanol–water partition coefficient (Wildman–Crippen LogP) is 1.84. The molecule has 0 unspecified atom stereocenters. The van der Waals surface area contributed by atoms with E-state index in [9.17, 15) is 13.2 Å². The van der Waals surface area contributed by atoms with Gasteiger partial charge in [-0.25, -0.2) is 12.7 Å². The summed E-state index contributed by atoms with van der Waals surface area (Å²) in [5.41, 5.74) is 1.77. The van der Waals surface area contributed by atoms with E-state index >= 15 is 0 Å². The number of rotatable bonds is 8. The Balaban J connectivity index is 1.97. The lowest BCUT2D eigenvalue weighted by atomic mass is 9.96. The minimum atomic E-state index is -3.47. The molecule has 0 saturated carbocycles. The molecular weight excluding hydrogens is 362 g/mol. The largest absolute Gasteiger partial charge is 0.332 e. The van der Waals surface area contributed by atoms with Gasteiger partial charge in [-0.2, -0.15) is 0 Å². The molecule has 7 heteroatoms. The van der Waals surface area contributed by atoms with E-state index in [4.69, 9.17) is 0 Å². The molecule has 0 fully saturated rings. The number of nitrogens with one attached hydrogen (secondary N) is 1. The Kier molecular flexibility index (Phi) is 7.12. The second kappa shape index (κ2) is 9.12. The van der Waals surface area contributed by atoms with Gasteiger partial charge in [-0.3, -0.25) is 4.79 Å². The molecule has 146 valence electrons. The van der Waals surface area contributed by atoms with Crippen LogP contribution in [0.2, 0.25) is 0 Å². The number of amides is 1. The Labute approximate surface area is 161 Å². The van der Waals surface area contributed by atoms with Gasteiger partial charge in [0.1, 0.15) is 6.04 Å². The van der Waals surface area contributed by atoms with Crippen LogP contribution in [0, 0.1) is 5.92 Å². The molecule has 2 rings (SSSR count). The third kappa shape index (κ3) is 5.63. The van der Waals surface area contributed by atoms with Crippen molar-refractivity contribution in [2.24, 2.45) is 5.92 Å². The summed E-state index contributed by atoms with van der Waals surface area (Å²) in [7, 11) is -0.500. The lowest BCUT2D eigenvalue weighted by molar-refractivity contribution is -0.692. The highest BCUT2D eigenvalue weighted by atomic mass is 32.2. The summed E-state index contributed by atoms with van der Waals surface area (Å²) < 4.78 is 25.3. The number of anilines is 1. The molecule has 1 amide bonds. The number of carbonyl (C=O) groups excluding carboxylic acids is 1. The van der Waals surface area contributed by atoms with Gasteiger partial charge in [-0.05, 0) is 24.3 Å². The van der Waals surface area contributed by atoms with Crippen molar-refractivity contribution < 1.29 is 18.5 Å². The summed E-state index contributed by atoms with van der Waals surface area (Å²) >= 11 is 0. The summed E-state index contributed by atoms with van der Waals surface area (Å²) in [5.74, 6) is 0.260. The minimum Gasteiger partial charge on any atom is -0.332 e. The molecule has 0 aromatic heterocycles. The average molecular weight is 391 g/mol. The Morgan fingerprint density at radius 1 is 1.04 bits per heavy atom. The van der Waals surface area contributed by atoms with E-state index in [1.807, 2.05) is 23.5 Å². The lowest BCUT2D eigenvalue weighted by Crippen LogP contribution is -2.88. The van der Waals surface area contributed by atoms with Crippen molar-refractivity contribution in [2.45, 2.75) is 24.8 Å². The average Bonchev–Trinajstić information content (AvgIpc) is 2.63. The fourth-order valence-corrected chi connectivity index (χ4v) is 3.74. The van der Waals surface area contributed by atoms with Gasteiger partial charge in [-0.15, -0.1) is 0 Å². The first-order chi connectivity index (χ1) is 12.7. The standard InChI is InChI=1S/C20H27N3O3S/c1-15(2)20(16-8-6-5-7-9-16)21-14-19(24)22-17-10-12-18(13-11-17)27(25,26)23(3)4/h5-13,15,20-21H,14H2,1-4H3,(H,22,24)/p+1/t20-/m1/s1. The molecule has 3 N–H and O–H groups in total. The van der Waals surface area contributed by atoms with Gasteiger partial charge in [0.25, 0.3) is 5.91 Å². The lowest BCUT2D eigenvalue weighted by Gasteiger charge is -2.19. The van der Waals surface area contributed by atoms with E-state index in [0.29, 0.717) is 11.6 Å². The van der Waals surface area contributed by atoms with Gasteiger partial charge in [0.15, 0.2) is 6.54 Å². The van der Waals surface area contributed by atoms with E-state index in [1.54, 1.807) is 12.1 Å². The first-order valence-electron chi connectivity index (χ1n) is 8.92. The fraction of sp³-hybridized carbons (Fsp3) is 0.350. The van der Waals surface area contributed by atoms with E-state index in [-0.39, 0.29) is 23.4 Å². The van der Waals surface area contributed by atoms with Gasteiger partial charge < -0.3 is 10.6 Å². The van der Waals surface area contributed by atoms with Crippen LogP contribution in [0.3, 0.4) is 0 Å². The highest BCUT2D eigenvalue weighted by Crippen LogP contribution is 2.18. The first-order valence-corrected chi connectivity index (χ1v) is 10.4. The Bertz CT molecular complexity index is 848. The molecular formula is C20H28N3O3S+. The highest BCUT2D eigenvalue weighted by Gasteiger charge is 2.20. The van der Waals surface area contributed by atoms with Gasteiger partial charge >= 0.3 is 0 Å². The van der Waals surface area contributed by atoms with Crippen molar-refractivity contribution in [3.8, 4) is 0 Å². The maximum Gasteiger partial charge on any atom is 0.279 e. The molecule has 0 aliphatic carbocycles. The van der Waals surface area contributed by atoms with E-state index in [1.165, 1.54) is 31.8 Å². The molecule has 0 spiro atoms. The van der Waals surface area contributed by atoms with Crippen LogP contribution < -0.4 is 10.6 Å². The van der Waals surface area contributed by atoms with Crippen LogP contribution in [-0.4, -0.2) is 39.3 Å². The molecule has 2 aromatic rings. The summed E-state index contributed by atoms with van der Waals surface area (Å²) in [6, 6.07) is 16.5. The van der Waals surface area contributed by atoms with Gasteiger partial charge in [0.2, 0.25) is 10.0 Å². The molecule has 2 aromatic carbocycles. The van der Waals surface area contributed by atoms with Crippen LogP contribution >= 0.6 is 0 Å². The number of hydrogen-bond donors (Lipinski definition) is 2. The zero-order valence-electron chi connectivity index (χ0n) is 16.2. The predicted molar refractivity (Wildman–Crippen MR) is 107 cm³/mol. The second-order valence-corrected chi connectivity index (χ2v) is 9.13. The van der Waals surface area contributed by atoms with Gasteiger partial charge in [0, 0.05) is 31.3 Å². The van der Waals surface area contributed by atoms with Crippen molar-refractivity contribution in [1.82, 2.24) is 4.31 Å². The number of hydrogen-bond acceptors (Lipinski definition) is 3. The molecule has 27 heavy (non-hydrogen) atoms. The smallest absolute Gasteiger partial charge is 0.279 e. The minimum absolute atomic E-state index is 0.125.